The molecule has 0 aromatic heterocycles. The molecule has 0 saturated carbocycles. The van der Waals surface area contributed by atoms with Crippen LogP contribution in [-0.2, 0) is 14.8 Å². The van der Waals surface area contributed by atoms with E-state index in [0.717, 1.165) is 0 Å². The van der Waals surface area contributed by atoms with E-state index in [1.807, 2.05) is 0 Å². The average molecular weight is 271 g/mol. The third kappa shape index (κ3) is 2.57. The average Bonchev–Trinajstić information content (AvgIpc) is 2.28. The van der Waals surface area contributed by atoms with E-state index in [4.69, 9.17) is 5.11 Å². The third-order valence-corrected chi connectivity index (χ3v) is 4.93. The van der Waals surface area contributed by atoms with Gasteiger partial charge in [0.05, 0.1) is 5.41 Å². The number of aliphatic carboxylic acids is 1. The molecular weight excluding hydrogens is 256 g/mol. The van der Waals surface area contributed by atoms with Crippen molar-refractivity contribution in [2.45, 2.75) is 31.9 Å². The molecule has 1 aliphatic rings. The molecule has 1 N–H and O–H groups in total. The van der Waals surface area contributed by atoms with Gasteiger partial charge >= 0.3 is 11.7 Å². The number of sulfonamides is 1. The Kier molecular flexibility index (Phi) is 4.08. The molecule has 0 bridgehead atoms. The number of hydrogen-bond acceptors (Lipinski definition) is 3. The van der Waals surface area contributed by atoms with E-state index in [-0.39, 0.29) is 25.9 Å². The maximum Gasteiger partial charge on any atom is 0.350 e. The Morgan fingerprint density at radius 3 is 2.18 bits per heavy atom. The third-order valence-electron chi connectivity index (χ3n) is 3.40. The molecule has 0 spiro atoms. The summed E-state index contributed by atoms with van der Waals surface area (Å²) < 4.78 is 47.6. The highest BCUT2D eigenvalue weighted by molar-refractivity contribution is 7.89. The van der Waals surface area contributed by atoms with E-state index in [9.17, 15) is 22.0 Å². The first-order valence-electron chi connectivity index (χ1n) is 5.27. The SMILES string of the molecule is CCC1(C(=O)O)CCN(S(=O)(=O)C(F)F)CC1. The van der Waals surface area contributed by atoms with Gasteiger partial charge in [-0.25, -0.2) is 8.42 Å². The smallest absolute Gasteiger partial charge is 0.350 e. The lowest BCUT2D eigenvalue weighted by atomic mass is 9.77. The molecule has 17 heavy (non-hydrogen) atoms. The molecule has 0 aliphatic carbocycles. The van der Waals surface area contributed by atoms with E-state index in [0.29, 0.717) is 10.7 Å². The first kappa shape index (κ1) is 14.3. The highest BCUT2D eigenvalue weighted by Crippen LogP contribution is 2.36. The Labute approximate surface area is 98.5 Å². The quantitative estimate of drug-likeness (QED) is 0.831. The van der Waals surface area contributed by atoms with Crippen molar-refractivity contribution in [2.75, 3.05) is 13.1 Å². The molecule has 1 rings (SSSR count). The van der Waals surface area contributed by atoms with Crippen LogP contribution < -0.4 is 0 Å². The molecule has 1 saturated heterocycles. The second kappa shape index (κ2) is 4.85. The summed E-state index contributed by atoms with van der Waals surface area (Å²) in [5, 5.41) is 9.07. The molecule has 5 nitrogen and oxygen atoms in total. The van der Waals surface area contributed by atoms with Crippen molar-refractivity contribution < 1.29 is 27.1 Å². The first-order valence-corrected chi connectivity index (χ1v) is 6.77. The minimum Gasteiger partial charge on any atom is -0.481 e. The summed E-state index contributed by atoms with van der Waals surface area (Å²) in [6, 6.07) is 0. The lowest BCUT2D eigenvalue weighted by Crippen LogP contribution is -2.47. The van der Waals surface area contributed by atoms with Crippen LogP contribution >= 0.6 is 0 Å². The van der Waals surface area contributed by atoms with E-state index >= 15 is 0 Å². The van der Waals surface area contributed by atoms with Crippen LogP contribution in [0.5, 0.6) is 0 Å². The minimum absolute atomic E-state index is 0.0742. The van der Waals surface area contributed by atoms with Gasteiger partial charge in [0.25, 0.3) is 10.0 Å². The predicted molar refractivity (Wildman–Crippen MR) is 56.1 cm³/mol. The maximum atomic E-state index is 12.3. The van der Waals surface area contributed by atoms with Crippen molar-refractivity contribution in [1.82, 2.24) is 4.31 Å². The van der Waals surface area contributed by atoms with Gasteiger partial charge in [0.2, 0.25) is 0 Å². The van der Waals surface area contributed by atoms with Crippen LogP contribution in [0.3, 0.4) is 0 Å². The maximum absolute atomic E-state index is 12.3. The van der Waals surface area contributed by atoms with Crippen LogP contribution in [0.1, 0.15) is 26.2 Å². The van der Waals surface area contributed by atoms with Crippen LogP contribution in [-0.4, -0.2) is 42.6 Å². The van der Waals surface area contributed by atoms with Gasteiger partial charge in [0.15, 0.2) is 0 Å². The molecule has 0 unspecified atom stereocenters. The fourth-order valence-electron chi connectivity index (χ4n) is 2.00. The molecule has 1 fully saturated rings. The summed E-state index contributed by atoms with van der Waals surface area (Å²) >= 11 is 0. The molecule has 0 aromatic carbocycles. The zero-order chi connectivity index (χ0) is 13.3. The second-order valence-corrected chi connectivity index (χ2v) is 6.05. The van der Waals surface area contributed by atoms with Crippen LogP contribution in [0.2, 0.25) is 0 Å². The number of carbonyl (C=O) groups is 1. The molecule has 0 aromatic rings. The number of alkyl halides is 2. The molecular formula is C9H15F2NO4S. The fraction of sp³-hybridized carbons (Fsp3) is 0.889. The first-order chi connectivity index (χ1) is 7.76. The van der Waals surface area contributed by atoms with Crippen molar-refractivity contribution in [2.24, 2.45) is 5.41 Å². The van der Waals surface area contributed by atoms with Crippen molar-refractivity contribution in [1.29, 1.82) is 0 Å². The zero-order valence-corrected chi connectivity index (χ0v) is 10.2. The van der Waals surface area contributed by atoms with Crippen LogP contribution in [0.25, 0.3) is 0 Å². The van der Waals surface area contributed by atoms with Gasteiger partial charge in [-0.15, -0.1) is 0 Å². The molecule has 1 aliphatic heterocycles. The monoisotopic (exact) mass is 271 g/mol. The lowest BCUT2D eigenvalue weighted by molar-refractivity contribution is -0.151. The van der Waals surface area contributed by atoms with Crippen molar-refractivity contribution >= 4 is 16.0 Å². The number of nitrogens with zero attached hydrogens (tertiary/aromatic N) is 1. The highest BCUT2D eigenvalue weighted by atomic mass is 32.2. The Hall–Kier alpha value is -0.760. The van der Waals surface area contributed by atoms with Gasteiger partial charge in [-0.1, -0.05) is 6.92 Å². The Bertz CT molecular complexity index is 388. The predicted octanol–water partition coefficient (Wildman–Crippen LogP) is 1.12. The van der Waals surface area contributed by atoms with Gasteiger partial charge in [-0.05, 0) is 19.3 Å². The number of carboxylic acid groups (broad SMARTS) is 1. The van der Waals surface area contributed by atoms with E-state index in [1.54, 1.807) is 6.92 Å². The number of carboxylic acids is 1. The van der Waals surface area contributed by atoms with E-state index < -0.39 is 27.2 Å². The summed E-state index contributed by atoms with van der Waals surface area (Å²) in [5.41, 5.74) is -0.978. The summed E-state index contributed by atoms with van der Waals surface area (Å²) in [6.45, 7) is 1.38. The summed E-state index contributed by atoms with van der Waals surface area (Å²) in [7, 11) is -4.58. The molecule has 8 heteroatoms. The van der Waals surface area contributed by atoms with Crippen molar-refractivity contribution in [3.8, 4) is 0 Å². The molecule has 100 valence electrons. The van der Waals surface area contributed by atoms with Gasteiger partial charge in [-0.2, -0.15) is 13.1 Å². The van der Waals surface area contributed by atoms with Gasteiger partial charge in [0.1, 0.15) is 0 Å². The van der Waals surface area contributed by atoms with Crippen LogP contribution in [0.4, 0.5) is 8.78 Å². The van der Waals surface area contributed by atoms with Crippen LogP contribution in [0.15, 0.2) is 0 Å². The largest absolute Gasteiger partial charge is 0.481 e. The highest BCUT2D eigenvalue weighted by Gasteiger charge is 2.44. The van der Waals surface area contributed by atoms with Crippen LogP contribution in [0, 0.1) is 5.41 Å². The number of hydrogen-bond donors (Lipinski definition) is 1. The number of piperidine rings is 1. The van der Waals surface area contributed by atoms with Gasteiger partial charge in [-0.3, -0.25) is 4.79 Å². The fourth-order valence-corrected chi connectivity index (χ4v) is 2.92. The Balaban J connectivity index is 2.78. The zero-order valence-electron chi connectivity index (χ0n) is 9.40. The summed E-state index contributed by atoms with van der Waals surface area (Å²) in [6.07, 6.45) is 0.514. The second-order valence-electron chi connectivity index (χ2n) is 4.14. The topological polar surface area (TPSA) is 74.7 Å². The summed E-state index contributed by atoms with van der Waals surface area (Å²) in [4.78, 5) is 11.1. The lowest BCUT2D eigenvalue weighted by Gasteiger charge is -2.37. The summed E-state index contributed by atoms with van der Waals surface area (Å²) in [5.74, 6) is -4.43. The van der Waals surface area contributed by atoms with Gasteiger partial charge in [0, 0.05) is 13.1 Å². The number of rotatable bonds is 4. The number of halogens is 2. The molecule has 0 radical (unpaired) electrons. The van der Waals surface area contributed by atoms with E-state index in [2.05, 4.69) is 0 Å². The molecule has 0 amide bonds. The molecule has 1 heterocycles. The van der Waals surface area contributed by atoms with E-state index in [1.165, 1.54) is 0 Å². The standard InChI is InChI=1S/C9H15F2NO4S/c1-2-9(7(13)14)3-5-12(6-4-9)17(15,16)8(10)11/h8H,2-6H2,1H3,(H,13,14). The normalized spacial score (nSPS) is 21.6. The molecule has 0 atom stereocenters. The van der Waals surface area contributed by atoms with Gasteiger partial charge < -0.3 is 5.11 Å². The van der Waals surface area contributed by atoms with Crippen molar-refractivity contribution in [3.63, 3.8) is 0 Å². The Morgan fingerprint density at radius 2 is 1.88 bits per heavy atom. The Morgan fingerprint density at radius 1 is 1.41 bits per heavy atom. The van der Waals surface area contributed by atoms with Crippen molar-refractivity contribution in [3.05, 3.63) is 0 Å². The minimum atomic E-state index is -4.58.